The van der Waals surface area contributed by atoms with E-state index in [1.165, 1.54) is 17.3 Å². The van der Waals surface area contributed by atoms with Crippen molar-refractivity contribution in [3.8, 4) is 0 Å². The highest BCUT2D eigenvalue weighted by molar-refractivity contribution is 7.99. The SMILES string of the molecule is CCCNCc1ccc(Sc2ncco2)nc1. The zero-order valence-corrected chi connectivity index (χ0v) is 10.5. The lowest BCUT2D eigenvalue weighted by Gasteiger charge is -2.03. The fraction of sp³-hybridized carbons (Fsp3) is 0.333. The van der Waals surface area contributed by atoms with E-state index < -0.39 is 0 Å². The Morgan fingerprint density at radius 3 is 2.94 bits per heavy atom. The quantitative estimate of drug-likeness (QED) is 0.798. The number of nitrogens with one attached hydrogen (secondary N) is 1. The van der Waals surface area contributed by atoms with Crippen molar-refractivity contribution < 1.29 is 4.42 Å². The van der Waals surface area contributed by atoms with Crippen molar-refractivity contribution in [1.29, 1.82) is 0 Å². The molecule has 0 aromatic carbocycles. The van der Waals surface area contributed by atoms with E-state index in [-0.39, 0.29) is 0 Å². The third-order valence-corrected chi connectivity index (χ3v) is 2.98. The van der Waals surface area contributed by atoms with Crippen molar-refractivity contribution in [3.63, 3.8) is 0 Å². The average molecular weight is 249 g/mol. The molecule has 0 aliphatic heterocycles. The first-order valence-electron chi connectivity index (χ1n) is 5.61. The van der Waals surface area contributed by atoms with Gasteiger partial charge in [-0.25, -0.2) is 9.97 Å². The minimum absolute atomic E-state index is 0.620. The van der Waals surface area contributed by atoms with Gasteiger partial charge in [0.1, 0.15) is 11.3 Å². The lowest BCUT2D eigenvalue weighted by atomic mass is 10.3. The predicted octanol–water partition coefficient (Wildman–Crippen LogP) is 2.72. The van der Waals surface area contributed by atoms with Gasteiger partial charge in [0.05, 0.1) is 6.20 Å². The number of hydrogen-bond acceptors (Lipinski definition) is 5. The molecular formula is C12H15N3OS. The molecule has 2 heterocycles. The van der Waals surface area contributed by atoms with E-state index in [2.05, 4.69) is 28.3 Å². The highest BCUT2D eigenvalue weighted by atomic mass is 32.2. The fourth-order valence-electron chi connectivity index (χ4n) is 1.34. The Kier molecular flexibility index (Phi) is 4.58. The molecule has 0 aliphatic rings. The first-order valence-corrected chi connectivity index (χ1v) is 6.43. The minimum Gasteiger partial charge on any atom is -0.440 e. The summed E-state index contributed by atoms with van der Waals surface area (Å²) in [7, 11) is 0. The number of aromatic nitrogens is 2. The summed E-state index contributed by atoms with van der Waals surface area (Å²) in [4.78, 5) is 8.39. The Hall–Kier alpha value is -1.33. The molecule has 0 radical (unpaired) electrons. The van der Waals surface area contributed by atoms with E-state index in [1.54, 1.807) is 12.5 Å². The van der Waals surface area contributed by atoms with Crippen molar-refractivity contribution in [3.05, 3.63) is 36.4 Å². The second-order valence-electron chi connectivity index (χ2n) is 3.58. The standard InChI is InChI=1S/C12H15N3OS/c1-2-5-13-8-10-3-4-11(15-9-10)17-12-14-6-7-16-12/h3-4,6-7,9,13H,2,5,8H2,1H3. The maximum atomic E-state index is 5.15. The molecule has 4 nitrogen and oxygen atoms in total. The first-order chi connectivity index (χ1) is 8.38. The van der Waals surface area contributed by atoms with E-state index in [4.69, 9.17) is 4.42 Å². The van der Waals surface area contributed by atoms with Crippen LogP contribution in [-0.2, 0) is 6.54 Å². The number of oxazole rings is 1. The molecule has 2 aromatic rings. The maximum Gasteiger partial charge on any atom is 0.261 e. The summed E-state index contributed by atoms with van der Waals surface area (Å²) in [5.41, 5.74) is 1.19. The second-order valence-corrected chi connectivity index (χ2v) is 4.55. The van der Waals surface area contributed by atoms with E-state index in [0.717, 1.165) is 24.5 Å². The summed E-state index contributed by atoms with van der Waals surface area (Å²) in [5, 5.41) is 4.85. The third kappa shape index (κ3) is 3.87. The number of nitrogens with zero attached hydrogens (tertiary/aromatic N) is 2. The molecule has 0 atom stereocenters. The molecule has 0 fully saturated rings. The van der Waals surface area contributed by atoms with Crippen LogP contribution in [0.1, 0.15) is 18.9 Å². The van der Waals surface area contributed by atoms with Gasteiger partial charge < -0.3 is 9.73 Å². The van der Waals surface area contributed by atoms with Crippen LogP contribution in [-0.4, -0.2) is 16.5 Å². The first kappa shape index (κ1) is 12.1. The molecule has 0 aliphatic carbocycles. The zero-order valence-electron chi connectivity index (χ0n) is 9.72. The smallest absolute Gasteiger partial charge is 0.261 e. The summed E-state index contributed by atoms with van der Waals surface area (Å²) in [5.74, 6) is 0. The van der Waals surface area contributed by atoms with Crippen LogP contribution in [0.3, 0.4) is 0 Å². The van der Waals surface area contributed by atoms with Gasteiger partial charge in [-0.3, -0.25) is 0 Å². The van der Waals surface area contributed by atoms with Crippen molar-refractivity contribution in [1.82, 2.24) is 15.3 Å². The van der Waals surface area contributed by atoms with Gasteiger partial charge in [0.25, 0.3) is 5.22 Å². The zero-order chi connectivity index (χ0) is 11.9. The van der Waals surface area contributed by atoms with E-state index in [0.29, 0.717) is 5.22 Å². The lowest BCUT2D eigenvalue weighted by molar-refractivity contribution is 0.454. The summed E-state index contributed by atoms with van der Waals surface area (Å²) < 4.78 is 5.15. The number of pyridine rings is 1. The van der Waals surface area contributed by atoms with Gasteiger partial charge in [-0.05, 0) is 36.4 Å². The molecule has 17 heavy (non-hydrogen) atoms. The summed E-state index contributed by atoms with van der Waals surface area (Å²) in [6.07, 6.45) is 6.22. The molecule has 0 saturated carbocycles. The Morgan fingerprint density at radius 2 is 2.29 bits per heavy atom. The lowest BCUT2D eigenvalue weighted by Crippen LogP contribution is -2.13. The van der Waals surface area contributed by atoms with Gasteiger partial charge in [-0.15, -0.1) is 0 Å². The molecule has 0 amide bonds. The molecule has 0 unspecified atom stereocenters. The molecule has 0 spiro atoms. The van der Waals surface area contributed by atoms with Crippen molar-refractivity contribution in [2.75, 3.05) is 6.54 Å². The van der Waals surface area contributed by atoms with Gasteiger partial charge in [-0.2, -0.15) is 0 Å². The van der Waals surface area contributed by atoms with Crippen LogP contribution < -0.4 is 5.32 Å². The predicted molar refractivity (Wildman–Crippen MR) is 66.9 cm³/mol. The highest BCUT2D eigenvalue weighted by Gasteiger charge is 2.02. The van der Waals surface area contributed by atoms with Gasteiger partial charge in [-0.1, -0.05) is 13.0 Å². The number of hydrogen-bond donors (Lipinski definition) is 1. The van der Waals surface area contributed by atoms with Crippen LogP contribution >= 0.6 is 11.8 Å². The Balaban J connectivity index is 1.89. The van der Waals surface area contributed by atoms with Gasteiger partial charge >= 0.3 is 0 Å². The van der Waals surface area contributed by atoms with E-state index in [9.17, 15) is 0 Å². The molecule has 0 bridgehead atoms. The Morgan fingerprint density at radius 1 is 1.35 bits per heavy atom. The molecule has 2 rings (SSSR count). The Bertz CT molecular complexity index is 428. The average Bonchev–Trinajstić information content (AvgIpc) is 2.85. The van der Waals surface area contributed by atoms with Crippen LogP contribution in [0.2, 0.25) is 0 Å². The van der Waals surface area contributed by atoms with Gasteiger partial charge in [0, 0.05) is 12.7 Å². The topological polar surface area (TPSA) is 51.0 Å². The van der Waals surface area contributed by atoms with E-state index in [1.807, 2.05) is 12.3 Å². The molecule has 0 saturated heterocycles. The molecule has 90 valence electrons. The molecule has 2 aromatic heterocycles. The third-order valence-electron chi connectivity index (χ3n) is 2.16. The van der Waals surface area contributed by atoms with Gasteiger partial charge in [0.2, 0.25) is 0 Å². The largest absolute Gasteiger partial charge is 0.440 e. The second kappa shape index (κ2) is 6.42. The Labute approximate surface area is 105 Å². The summed E-state index contributed by atoms with van der Waals surface area (Å²) in [6, 6.07) is 4.05. The monoisotopic (exact) mass is 249 g/mol. The van der Waals surface area contributed by atoms with Crippen LogP contribution in [0.25, 0.3) is 0 Å². The summed E-state index contributed by atoms with van der Waals surface area (Å²) >= 11 is 1.42. The molecule has 5 heteroatoms. The number of rotatable bonds is 6. The van der Waals surface area contributed by atoms with E-state index >= 15 is 0 Å². The highest BCUT2D eigenvalue weighted by Crippen LogP contribution is 2.23. The van der Waals surface area contributed by atoms with Crippen LogP contribution in [0.4, 0.5) is 0 Å². The molecular weight excluding hydrogens is 234 g/mol. The summed E-state index contributed by atoms with van der Waals surface area (Å²) in [6.45, 7) is 4.05. The van der Waals surface area contributed by atoms with Crippen LogP contribution in [0.15, 0.2) is 45.5 Å². The van der Waals surface area contributed by atoms with Crippen molar-refractivity contribution in [2.24, 2.45) is 0 Å². The molecule has 1 N–H and O–H groups in total. The minimum atomic E-state index is 0.620. The van der Waals surface area contributed by atoms with Crippen LogP contribution in [0.5, 0.6) is 0 Å². The van der Waals surface area contributed by atoms with Crippen LogP contribution in [0, 0.1) is 0 Å². The maximum absolute atomic E-state index is 5.15. The van der Waals surface area contributed by atoms with Gasteiger partial charge in [0.15, 0.2) is 0 Å². The fourth-order valence-corrected chi connectivity index (χ4v) is 1.97. The normalized spacial score (nSPS) is 10.6. The van der Waals surface area contributed by atoms with Crippen molar-refractivity contribution >= 4 is 11.8 Å². The van der Waals surface area contributed by atoms with Crippen molar-refractivity contribution in [2.45, 2.75) is 30.1 Å².